The van der Waals surface area contributed by atoms with Gasteiger partial charge in [0.1, 0.15) is 0 Å². The van der Waals surface area contributed by atoms with E-state index in [0.29, 0.717) is 6.61 Å². The van der Waals surface area contributed by atoms with Crippen LogP contribution in [0.25, 0.3) is 0 Å². The van der Waals surface area contributed by atoms with Crippen molar-refractivity contribution in [2.75, 3.05) is 26.2 Å². The van der Waals surface area contributed by atoms with Crippen molar-refractivity contribution in [1.82, 2.24) is 14.7 Å². The van der Waals surface area contributed by atoms with E-state index in [2.05, 4.69) is 10.00 Å². The van der Waals surface area contributed by atoms with Crippen molar-refractivity contribution in [2.24, 2.45) is 7.05 Å². The summed E-state index contributed by atoms with van der Waals surface area (Å²) in [4.78, 5) is 2.30. The van der Waals surface area contributed by atoms with Gasteiger partial charge in [-0.3, -0.25) is 9.58 Å². The lowest BCUT2D eigenvalue weighted by molar-refractivity contribution is -0.0681. The first-order chi connectivity index (χ1) is 9.06. The van der Waals surface area contributed by atoms with E-state index in [1.807, 2.05) is 33.3 Å². The fourth-order valence-corrected chi connectivity index (χ4v) is 2.54. The maximum Gasteiger partial charge on any atom is 0.0982 e. The lowest BCUT2D eigenvalue weighted by Crippen LogP contribution is -2.47. The molecule has 1 aliphatic heterocycles. The number of β-amino-alcohol motifs (C(OH)–C–C–N with tert-alkyl or cyclic N) is 1. The predicted octanol–water partition coefficient (Wildman–Crippen LogP) is 1.34. The highest BCUT2D eigenvalue weighted by Gasteiger charge is 2.30. The standard InChI is InChI=1S/C14H25N3O2/c1-4-14(18,5-2)11-17-6-7-19-13(10-17)12-8-15-16(3)9-12/h8-9,13,18H,4-7,10-11H2,1-3H3. The molecule has 5 nitrogen and oxygen atoms in total. The maximum atomic E-state index is 10.4. The Morgan fingerprint density at radius 3 is 2.79 bits per heavy atom. The second kappa shape index (κ2) is 6.03. The van der Waals surface area contributed by atoms with Crippen molar-refractivity contribution in [3.8, 4) is 0 Å². The molecule has 1 aromatic heterocycles. The summed E-state index contributed by atoms with van der Waals surface area (Å²) in [5.74, 6) is 0. The smallest absolute Gasteiger partial charge is 0.0982 e. The number of aliphatic hydroxyl groups is 1. The zero-order valence-electron chi connectivity index (χ0n) is 12.2. The van der Waals surface area contributed by atoms with Crippen LogP contribution in [-0.4, -0.2) is 51.6 Å². The van der Waals surface area contributed by atoms with Crippen LogP contribution in [0, 0.1) is 0 Å². The Hall–Kier alpha value is -0.910. The molecule has 1 N–H and O–H groups in total. The summed E-state index contributed by atoms with van der Waals surface area (Å²) in [6.07, 6.45) is 5.51. The molecule has 0 saturated carbocycles. The van der Waals surface area contributed by atoms with E-state index in [9.17, 15) is 5.11 Å². The Bertz CT molecular complexity index is 401. The average Bonchev–Trinajstić information content (AvgIpc) is 2.86. The van der Waals surface area contributed by atoms with Gasteiger partial charge in [-0.2, -0.15) is 5.10 Å². The van der Waals surface area contributed by atoms with Gasteiger partial charge in [0.05, 0.1) is 24.5 Å². The van der Waals surface area contributed by atoms with Gasteiger partial charge < -0.3 is 9.84 Å². The number of aromatic nitrogens is 2. The second-order valence-electron chi connectivity index (χ2n) is 5.47. The number of aryl methyl sites for hydroxylation is 1. The van der Waals surface area contributed by atoms with Crippen LogP contribution in [0.4, 0.5) is 0 Å². The van der Waals surface area contributed by atoms with E-state index in [1.165, 1.54) is 0 Å². The molecule has 0 aromatic carbocycles. The van der Waals surface area contributed by atoms with Gasteiger partial charge in [0.15, 0.2) is 0 Å². The zero-order valence-corrected chi connectivity index (χ0v) is 12.2. The SMILES string of the molecule is CCC(O)(CC)CN1CCOC(c2cnn(C)c2)C1. The summed E-state index contributed by atoms with van der Waals surface area (Å²) >= 11 is 0. The third kappa shape index (κ3) is 3.55. The zero-order chi connectivity index (χ0) is 13.9. The number of rotatable bonds is 5. The molecule has 2 heterocycles. The van der Waals surface area contributed by atoms with Gasteiger partial charge in [-0.1, -0.05) is 13.8 Å². The van der Waals surface area contributed by atoms with Gasteiger partial charge in [0, 0.05) is 38.4 Å². The lowest BCUT2D eigenvalue weighted by Gasteiger charge is -2.37. The molecule has 0 bridgehead atoms. The summed E-state index contributed by atoms with van der Waals surface area (Å²) in [5, 5.41) is 14.6. The molecule has 0 radical (unpaired) electrons. The number of hydrogen-bond donors (Lipinski definition) is 1. The molecule has 1 aliphatic rings. The van der Waals surface area contributed by atoms with Crippen LogP contribution in [-0.2, 0) is 11.8 Å². The van der Waals surface area contributed by atoms with Crippen molar-refractivity contribution >= 4 is 0 Å². The summed E-state index contributed by atoms with van der Waals surface area (Å²) in [7, 11) is 1.91. The van der Waals surface area contributed by atoms with Gasteiger partial charge in [0.25, 0.3) is 0 Å². The normalized spacial score (nSPS) is 21.8. The minimum atomic E-state index is -0.573. The van der Waals surface area contributed by atoms with Crippen LogP contribution >= 0.6 is 0 Å². The number of morpholine rings is 1. The summed E-state index contributed by atoms with van der Waals surface area (Å²) in [5.41, 5.74) is 0.542. The van der Waals surface area contributed by atoms with Crippen molar-refractivity contribution in [3.63, 3.8) is 0 Å². The Kier molecular flexibility index (Phi) is 4.60. The molecule has 1 atom stereocenters. The number of ether oxygens (including phenoxy) is 1. The van der Waals surface area contributed by atoms with Gasteiger partial charge in [-0.15, -0.1) is 0 Å². The molecule has 0 amide bonds. The Morgan fingerprint density at radius 2 is 2.21 bits per heavy atom. The largest absolute Gasteiger partial charge is 0.389 e. The van der Waals surface area contributed by atoms with Crippen LogP contribution < -0.4 is 0 Å². The fourth-order valence-electron chi connectivity index (χ4n) is 2.54. The Balaban J connectivity index is 1.97. The van der Waals surface area contributed by atoms with E-state index in [1.54, 1.807) is 4.68 Å². The third-order valence-electron chi connectivity index (χ3n) is 4.08. The number of nitrogens with zero attached hydrogens (tertiary/aromatic N) is 3. The highest BCUT2D eigenvalue weighted by molar-refractivity contribution is 5.09. The molecular weight excluding hydrogens is 242 g/mol. The fraction of sp³-hybridized carbons (Fsp3) is 0.786. The summed E-state index contributed by atoms with van der Waals surface area (Å²) in [6.45, 7) is 7.24. The van der Waals surface area contributed by atoms with E-state index in [0.717, 1.165) is 38.0 Å². The summed E-state index contributed by atoms with van der Waals surface area (Å²) in [6, 6.07) is 0. The van der Waals surface area contributed by atoms with E-state index in [-0.39, 0.29) is 6.10 Å². The first-order valence-corrected chi connectivity index (χ1v) is 7.11. The van der Waals surface area contributed by atoms with Crippen molar-refractivity contribution in [2.45, 2.75) is 38.4 Å². The van der Waals surface area contributed by atoms with E-state index in [4.69, 9.17) is 4.74 Å². The molecule has 19 heavy (non-hydrogen) atoms. The average molecular weight is 267 g/mol. The minimum absolute atomic E-state index is 0.0698. The molecule has 108 valence electrons. The van der Waals surface area contributed by atoms with Crippen molar-refractivity contribution < 1.29 is 9.84 Å². The predicted molar refractivity (Wildman–Crippen MR) is 73.9 cm³/mol. The second-order valence-corrected chi connectivity index (χ2v) is 5.47. The molecule has 1 aromatic rings. The van der Waals surface area contributed by atoms with Gasteiger partial charge in [-0.25, -0.2) is 0 Å². The van der Waals surface area contributed by atoms with E-state index >= 15 is 0 Å². The third-order valence-corrected chi connectivity index (χ3v) is 4.08. The number of hydrogen-bond acceptors (Lipinski definition) is 4. The lowest BCUT2D eigenvalue weighted by atomic mass is 9.96. The van der Waals surface area contributed by atoms with Crippen LogP contribution in [0.1, 0.15) is 38.4 Å². The van der Waals surface area contributed by atoms with Crippen LogP contribution in [0.15, 0.2) is 12.4 Å². The van der Waals surface area contributed by atoms with Crippen LogP contribution in [0.3, 0.4) is 0 Å². The summed E-state index contributed by atoms with van der Waals surface area (Å²) < 4.78 is 7.61. The van der Waals surface area contributed by atoms with Crippen molar-refractivity contribution in [1.29, 1.82) is 0 Å². The van der Waals surface area contributed by atoms with E-state index < -0.39 is 5.60 Å². The monoisotopic (exact) mass is 267 g/mol. The van der Waals surface area contributed by atoms with Gasteiger partial charge in [-0.05, 0) is 12.8 Å². The highest BCUT2D eigenvalue weighted by Crippen LogP contribution is 2.24. The first-order valence-electron chi connectivity index (χ1n) is 7.11. The topological polar surface area (TPSA) is 50.5 Å². The van der Waals surface area contributed by atoms with Crippen LogP contribution in [0.2, 0.25) is 0 Å². The Labute approximate surface area is 115 Å². The molecule has 1 saturated heterocycles. The molecule has 5 heteroatoms. The highest BCUT2D eigenvalue weighted by atomic mass is 16.5. The molecule has 0 aliphatic carbocycles. The minimum Gasteiger partial charge on any atom is -0.389 e. The van der Waals surface area contributed by atoms with Gasteiger partial charge in [0.2, 0.25) is 0 Å². The molecular formula is C14H25N3O2. The molecule has 1 unspecified atom stereocenters. The Morgan fingerprint density at radius 1 is 1.47 bits per heavy atom. The quantitative estimate of drug-likeness (QED) is 0.875. The molecule has 1 fully saturated rings. The first kappa shape index (κ1) is 14.5. The molecule has 0 spiro atoms. The van der Waals surface area contributed by atoms with Gasteiger partial charge >= 0.3 is 0 Å². The van der Waals surface area contributed by atoms with Crippen LogP contribution in [0.5, 0.6) is 0 Å². The van der Waals surface area contributed by atoms with Crippen molar-refractivity contribution in [3.05, 3.63) is 18.0 Å². The maximum absolute atomic E-state index is 10.4. The molecule has 2 rings (SSSR count).